The Bertz CT molecular complexity index is 1150. The highest BCUT2D eigenvalue weighted by atomic mass is 32.2. The van der Waals surface area contributed by atoms with Crippen LogP contribution in [0.2, 0.25) is 0 Å². The van der Waals surface area contributed by atoms with Gasteiger partial charge in [-0.2, -0.15) is 5.10 Å². The molecular weight excluding hydrogens is 372 g/mol. The molecule has 0 spiro atoms. The van der Waals surface area contributed by atoms with Crippen LogP contribution in [0.5, 0.6) is 0 Å². The van der Waals surface area contributed by atoms with Crippen molar-refractivity contribution in [2.75, 3.05) is 23.7 Å². The SMILES string of the molecule is COC(=O)c1cn(-c2ccc(N3CCCS3(=O)=O)cc2)cc2c(=O)[nH]nc1-2. The van der Waals surface area contributed by atoms with Gasteiger partial charge in [-0.25, -0.2) is 18.3 Å². The number of fused-ring (bicyclic) bond motifs is 1. The third kappa shape index (κ3) is 2.87. The normalized spacial score (nSPS) is 16.0. The number of H-pyrrole nitrogens is 1. The van der Waals surface area contributed by atoms with E-state index in [9.17, 15) is 18.0 Å². The maximum Gasteiger partial charge on any atom is 0.341 e. The second kappa shape index (κ2) is 6.23. The van der Waals surface area contributed by atoms with Crippen LogP contribution in [0.4, 0.5) is 5.69 Å². The molecule has 1 aromatic carbocycles. The Morgan fingerprint density at radius 2 is 1.89 bits per heavy atom. The first-order valence-corrected chi connectivity index (χ1v) is 9.81. The second-order valence-corrected chi connectivity index (χ2v) is 8.16. The molecule has 0 unspecified atom stereocenters. The quantitative estimate of drug-likeness (QED) is 0.669. The number of anilines is 1. The fourth-order valence-corrected chi connectivity index (χ4v) is 4.73. The number of pyridine rings is 1. The molecule has 10 heteroatoms. The summed E-state index contributed by atoms with van der Waals surface area (Å²) in [6, 6.07) is 6.84. The summed E-state index contributed by atoms with van der Waals surface area (Å²) in [5.74, 6) is -0.462. The van der Waals surface area contributed by atoms with Crippen molar-refractivity contribution in [1.29, 1.82) is 0 Å². The molecule has 3 aliphatic rings. The number of rotatable bonds is 3. The number of carbonyl (C=O) groups is 1. The summed E-state index contributed by atoms with van der Waals surface area (Å²) in [4.78, 5) is 24.0. The summed E-state index contributed by atoms with van der Waals surface area (Å²) < 4.78 is 31.9. The van der Waals surface area contributed by atoms with Gasteiger partial charge in [-0.1, -0.05) is 0 Å². The van der Waals surface area contributed by atoms with Crippen LogP contribution in [0.25, 0.3) is 16.9 Å². The summed E-state index contributed by atoms with van der Waals surface area (Å²) >= 11 is 0. The van der Waals surface area contributed by atoms with Crippen LogP contribution < -0.4 is 9.86 Å². The lowest BCUT2D eigenvalue weighted by atomic mass is 10.1. The van der Waals surface area contributed by atoms with Gasteiger partial charge < -0.3 is 9.30 Å². The van der Waals surface area contributed by atoms with E-state index in [0.717, 1.165) is 0 Å². The van der Waals surface area contributed by atoms with Crippen LogP contribution in [0, 0.1) is 0 Å². The van der Waals surface area contributed by atoms with Gasteiger partial charge in [0.1, 0.15) is 11.3 Å². The van der Waals surface area contributed by atoms with Crippen molar-refractivity contribution in [3.05, 3.63) is 52.6 Å². The molecule has 0 saturated carbocycles. The van der Waals surface area contributed by atoms with Crippen molar-refractivity contribution in [3.8, 4) is 16.9 Å². The zero-order valence-electron chi connectivity index (χ0n) is 14.4. The highest BCUT2D eigenvalue weighted by Crippen LogP contribution is 2.27. The average Bonchev–Trinajstić information content (AvgIpc) is 3.22. The molecule has 3 heterocycles. The van der Waals surface area contributed by atoms with Gasteiger partial charge in [-0.3, -0.25) is 9.10 Å². The van der Waals surface area contributed by atoms with Gasteiger partial charge in [0.15, 0.2) is 0 Å². The maximum atomic E-state index is 12.1. The highest BCUT2D eigenvalue weighted by molar-refractivity contribution is 7.93. The monoisotopic (exact) mass is 388 g/mol. The highest BCUT2D eigenvalue weighted by Gasteiger charge is 2.28. The molecule has 4 rings (SSSR count). The smallest absolute Gasteiger partial charge is 0.341 e. The van der Waals surface area contributed by atoms with Gasteiger partial charge >= 0.3 is 5.97 Å². The summed E-state index contributed by atoms with van der Waals surface area (Å²) in [5.41, 5.74) is 1.47. The fourth-order valence-electron chi connectivity index (χ4n) is 3.17. The molecule has 0 aliphatic carbocycles. The molecule has 0 radical (unpaired) electrons. The zero-order chi connectivity index (χ0) is 19.2. The summed E-state index contributed by atoms with van der Waals surface area (Å²) in [6.45, 7) is 0.460. The lowest BCUT2D eigenvalue weighted by molar-refractivity contribution is 0.0600. The number of nitrogens with one attached hydrogen (secondary N) is 1. The third-order valence-electron chi connectivity index (χ3n) is 4.50. The Hall–Kier alpha value is -3.14. The summed E-state index contributed by atoms with van der Waals surface area (Å²) in [6.07, 6.45) is 3.69. The maximum absolute atomic E-state index is 12.1. The molecular formula is C17H16N4O5S. The van der Waals surface area contributed by atoms with E-state index in [-0.39, 0.29) is 22.6 Å². The largest absolute Gasteiger partial charge is 0.465 e. The predicted molar refractivity (Wildman–Crippen MR) is 97.9 cm³/mol. The summed E-state index contributed by atoms with van der Waals surface area (Å²) in [7, 11) is -2.00. The van der Waals surface area contributed by atoms with Crippen molar-refractivity contribution < 1.29 is 17.9 Å². The van der Waals surface area contributed by atoms with E-state index < -0.39 is 21.6 Å². The molecule has 0 bridgehead atoms. The number of hydrogen-bond donors (Lipinski definition) is 1. The van der Waals surface area contributed by atoms with E-state index in [1.54, 1.807) is 35.0 Å². The molecule has 1 N–H and O–H groups in total. The molecule has 0 amide bonds. The van der Waals surface area contributed by atoms with Crippen LogP contribution in [-0.4, -0.2) is 48.6 Å². The van der Waals surface area contributed by atoms with E-state index in [1.807, 2.05) is 0 Å². The van der Waals surface area contributed by atoms with E-state index >= 15 is 0 Å². The van der Waals surface area contributed by atoms with Gasteiger partial charge in [0.05, 0.1) is 24.1 Å². The second-order valence-electron chi connectivity index (χ2n) is 6.14. The predicted octanol–water partition coefficient (Wildman–Crippen LogP) is 0.992. The summed E-state index contributed by atoms with van der Waals surface area (Å²) in [5, 5.41) is 6.21. The van der Waals surface area contributed by atoms with Crippen molar-refractivity contribution in [2.24, 2.45) is 0 Å². The molecule has 27 heavy (non-hydrogen) atoms. The molecule has 0 atom stereocenters. The van der Waals surface area contributed by atoms with Crippen LogP contribution in [-0.2, 0) is 14.8 Å². The molecule has 3 aliphatic heterocycles. The Morgan fingerprint density at radius 3 is 2.52 bits per heavy atom. The number of carbonyl (C=O) groups excluding carboxylic acids is 1. The minimum absolute atomic E-state index is 0.148. The van der Waals surface area contributed by atoms with Crippen molar-refractivity contribution in [2.45, 2.75) is 6.42 Å². The van der Waals surface area contributed by atoms with Gasteiger partial charge in [-0.15, -0.1) is 0 Å². The standard InChI is InChI=1S/C17H16N4O5S/c1-26-17(23)14-10-20(9-13-15(14)18-19-16(13)22)11-3-5-12(6-4-11)21-7-2-8-27(21,24)25/h3-6,9-10H,2,7-8H2,1H3,(H,19,22). The number of nitrogens with zero attached hydrogens (tertiary/aromatic N) is 3. The third-order valence-corrected chi connectivity index (χ3v) is 6.37. The first-order valence-electron chi connectivity index (χ1n) is 8.20. The van der Waals surface area contributed by atoms with Crippen LogP contribution in [0.3, 0.4) is 0 Å². The van der Waals surface area contributed by atoms with Crippen LogP contribution in [0.15, 0.2) is 41.5 Å². The van der Waals surface area contributed by atoms with Crippen molar-refractivity contribution >= 4 is 21.7 Å². The molecule has 0 aromatic heterocycles. The molecule has 1 saturated heterocycles. The van der Waals surface area contributed by atoms with Crippen LogP contribution in [0.1, 0.15) is 16.8 Å². The van der Waals surface area contributed by atoms with Gasteiger partial charge in [0.2, 0.25) is 10.0 Å². The van der Waals surface area contributed by atoms with Crippen molar-refractivity contribution in [3.63, 3.8) is 0 Å². The molecule has 1 aromatic rings. The van der Waals surface area contributed by atoms with Gasteiger partial charge in [0, 0.05) is 24.6 Å². The number of methoxy groups -OCH3 is 1. The Balaban J connectivity index is 1.78. The number of aromatic amines is 1. The van der Waals surface area contributed by atoms with Crippen LogP contribution >= 0.6 is 0 Å². The lowest BCUT2D eigenvalue weighted by Gasteiger charge is -2.18. The van der Waals surface area contributed by atoms with E-state index in [1.165, 1.54) is 17.6 Å². The van der Waals surface area contributed by atoms with E-state index in [4.69, 9.17) is 4.74 Å². The zero-order valence-corrected chi connectivity index (χ0v) is 15.2. The number of ether oxygens (including phenoxy) is 1. The number of aromatic nitrogens is 3. The number of sulfonamides is 1. The van der Waals surface area contributed by atoms with Crippen molar-refractivity contribution in [1.82, 2.24) is 14.8 Å². The molecule has 9 nitrogen and oxygen atoms in total. The molecule has 140 valence electrons. The number of hydrogen-bond acceptors (Lipinski definition) is 6. The van der Waals surface area contributed by atoms with E-state index in [2.05, 4.69) is 10.2 Å². The van der Waals surface area contributed by atoms with E-state index in [0.29, 0.717) is 24.3 Å². The van der Waals surface area contributed by atoms with Gasteiger partial charge in [0.25, 0.3) is 5.56 Å². The minimum atomic E-state index is -3.25. The fraction of sp³-hybridized carbons (Fsp3) is 0.235. The first kappa shape index (κ1) is 17.3. The number of esters is 1. The first-order chi connectivity index (χ1) is 12.9. The Morgan fingerprint density at radius 1 is 1.19 bits per heavy atom. The average molecular weight is 388 g/mol. The Labute approximate surface area is 154 Å². The molecule has 1 fully saturated rings. The Kier molecular flexibility index (Phi) is 3.99. The topological polar surface area (TPSA) is 114 Å². The van der Waals surface area contributed by atoms with Gasteiger partial charge in [-0.05, 0) is 30.7 Å². The minimum Gasteiger partial charge on any atom is -0.465 e. The lowest BCUT2D eigenvalue weighted by Crippen LogP contribution is -2.24. The number of benzene rings is 1.